The summed E-state index contributed by atoms with van der Waals surface area (Å²) in [6.45, 7) is 6.24. The van der Waals surface area contributed by atoms with Gasteiger partial charge in [0.15, 0.2) is 0 Å². The number of hydrogen-bond donors (Lipinski definition) is 0. The van der Waals surface area contributed by atoms with E-state index in [9.17, 15) is 4.79 Å². The Hall–Kier alpha value is -1.31. The first kappa shape index (κ1) is 22.2. The fourth-order valence-corrected chi connectivity index (χ4v) is 10.1. The molecule has 1 aromatic carbocycles. The maximum Gasteiger partial charge on any atom is 0.226 e. The van der Waals surface area contributed by atoms with E-state index in [4.69, 9.17) is 0 Å². The van der Waals surface area contributed by atoms with Crippen LogP contribution in [0.4, 0.5) is 5.69 Å². The number of anilines is 1. The number of fused-ring (bicyclic) bond motifs is 6. The first-order valence-corrected chi connectivity index (χ1v) is 14.4. The van der Waals surface area contributed by atoms with Crippen LogP contribution >= 0.6 is 0 Å². The molecule has 0 bridgehead atoms. The largest absolute Gasteiger partial charge is 0.312 e. The number of amides is 1. The average molecular weight is 448 g/mol. The van der Waals surface area contributed by atoms with Crippen LogP contribution in [-0.2, 0) is 11.2 Å². The summed E-state index contributed by atoms with van der Waals surface area (Å²) in [5.74, 6) is 5.19. The van der Waals surface area contributed by atoms with Crippen molar-refractivity contribution < 1.29 is 4.79 Å². The Bertz CT molecular complexity index is 893. The van der Waals surface area contributed by atoms with Gasteiger partial charge in [-0.2, -0.15) is 0 Å². The molecule has 4 aliphatic carbocycles. The van der Waals surface area contributed by atoms with Crippen molar-refractivity contribution in [3.8, 4) is 0 Å². The maximum atomic E-state index is 13.0. The van der Waals surface area contributed by atoms with Gasteiger partial charge in [-0.3, -0.25) is 4.79 Å². The van der Waals surface area contributed by atoms with Gasteiger partial charge in [0, 0.05) is 18.7 Å². The van der Waals surface area contributed by atoms with Gasteiger partial charge in [0.05, 0.1) is 0 Å². The zero-order valence-corrected chi connectivity index (χ0v) is 21.2. The van der Waals surface area contributed by atoms with Gasteiger partial charge in [0.2, 0.25) is 5.91 Å². The van der Waals surface area contributed by atoms with Gasteiger partial charge < -0.3 is 4.90 Å². The van der Waals surface area contributed by atoms with Crippen molar-refractivity contribution >= 4 is 11.6 Å². The average Bonchev–Trinajstić information content (AvgIpc) is 3.40. The second kappa shape index (κ2) is 8.42. The molecule has 4 fully saturated rings. The molecule has 7 unspecified atom stereocenters. The molecule has 0 aromatic heterocycles. The van der Waals surface area contributed by atoms with E-state index >= 15 is 0 Å². The van der Waals surface area contributed by atoms with Crippen LogP contribution < -0.4 is 4.90 Å². The van der Waals surface area contributed by atoms with Crippen molar-refractivity contribution in [1.29, 1.82) is 0 Å². The van der Waals surface area contributed by atoms with Crippen molar-refractivity contribution in [2.24, 2.45) is 40.4 Å². The van der Waals surface area contributed by atoms with E-state index < -0.39 is 0 Å². The Morgan fingerprint density at radius 3 is 2.70 bits per heavy atom. The van der Waals surface area contributed by atoms with Gasteiger partial charge in [-0.1, -0.05) is 44.9 Å². The number of para-hydroxylation sites is 1. The Balaban J connectivity index is 1.08. The van der Waals surface area contributed by atoms with Crippen LogP contribution in [0.2, 0.25) is 0 Å². The summed E-state index contributed by atoms with van der Waals surface area (Å²) >= 11 is 0. The number of hydrogen-bond acceptors (Lipinski definition) is 1. The molecule has 1 amide bonds. The minimum atomic E-state index is 0.354. The zero-order chi connectivity index (χ0) is 22.6. The third-order valence-corrected chi connectivity index (χ3v) is 11.9. The Labute approximate surface area is 201 Å². The summed E-state index contributed by atoms with van der Waals surface area (Å²) in [6, 6.07) is 8.48. The van der Waals surface area contributed by atoms with Gasteiger partial charge in [0.25, 0.3) is 0 Å². The predicted molar refractivity (Wildman–Crippen MR) is 136 cm³/mol. The molecule has 1 aliphatic heterocycles. The van der Waals surface area contributed by atoms with Crippen LogP contribution in [-0.4, -0.2) is 12.5 Å². The van der Waals surface area contributed by atoms with E-state index in [0.29, 0.717) is 16.7 Å². The molecular weight excluding hydrogens is 402 g/mol. The Morgan fingerprint density at radius 2 is 1.79 bits per heavy atom. The van der Waals surface area contributed by atoms with Crippen molar-refractivity contribution in [2.75, 3.05) is 11.4 Å². The second-order valence-electron chi connectivity index (χ2n) is 13.0. The third-order valence-electron chi connectivity index (χ3n) is 11.9. The molecule has 2 nitrogen and oxygen atoms in total. The number of nitrogens with zero attached hydrogens (tertiary/aromatic N) is 1. The highest BCUT2D eigenvalue weighted by Crippen LogP contribution is 2.67. The van der Waals surface area contributed by atoms with Gasteiger partial charge in [0.1, 0.15) is 0 Å². The highest BCUT2D eigenvalue weighted by molar-refractivity contribution is 5.95. The zero-order valence-electron chi connectivity index (χ0n) is 21.2. The summed E-state index contributed by atoms with van der Waals surface area (Å²) in [4.78, 5) is 15.1. The molecule has 2 heteroatoms. The SMILES string of the molecule is CC12CCCCC1CCC1C2CCC2(C)C(CCCC(=O)N3CCc4ccccc43)CCC12. The smallest absolute Gasteiger partial charge is 0.226 e. The lowest BCUT2D eigenvalue weighted by Gasteiger charge is -2.60. The topological polar surface area (TPSA) is 20.3 Å². The van der Waals surface area contributed by atoms with E-state index in [1.807, 2.05) is 0 Å². The molecule has 0 N–H and O–H groups in total. The molecule has 180 valence electrons. The van der Waals surface area contributed by atoms with Crippen LogP contribution in [0.15, 0.2) is 24.3 Å². The van der Waals surface area contributed by atoms with Crippen LogP contribution in [0.5, 0.6) is 0 Å². The first-order chi connectivity index (χ1) is 16.0. The lowest BCUT2D eigenvalue weighted by molar-refractivity contribution is -0.119. The fraction of sp³-hybridized carbons (Fsp3) is 0.774. The number of carbonyl (C=O) groups is 1. The summed E-state index contributed by atoms with van der Waals surface area (Å²) in [5, 5.41) is 0. The van der Waals surface area contributed by atoms with E-state index in [-0.39, 0.29) is 0 Å². The maximum absolute atomic E-state index is 13.0. The van der Waals surface area contributed by atoms with Gasteiger partial charge in [-0.05, 0) is 123 Å². The first-order valence-electron chi connectivity index (χ1n) is 14.4. The number of benzene rings is 1. The minimum Gasteiger partial charge on any atom is -0.312 e. The Kier molecular flexibility index (Phi) is 5.66. The Morgan fingerprint density at radius 1 is 0.939 bits per heavy atom. The van der Waals surface area contributed by atoms with Crippen molar-refractivity contribution in [3.05, 3.63) is 29.8 Å². The molecule has 0 spiro atoms. The molecule has 0 saturated heterocycles. The van der Waals surface area contributed by atoms with Crippen LogP contribution in [0, 0.1) is 40.4 Å². The molecule has 7 atom stereocenters. The fourth-order valence-electron chi connectivity index (χ4n) is 10.1. The highest BCUT2D eigenvalue weighted by Gasteiger charge is 2.59. The van der Waals surface area contributed by atoms with E-state index in [1.54, 1.807) is 0 Å². The second-order valence-corrected chi connectivity index (χ2v) is 13.0. The number of carbonyl (C=O) groups excluding carboxylic acids is 1. The molecular formula is C31H45NO. The summed E-state index contributed by atoms with van der Waals surface area (Å²) in [5.41, 5.74) is 3.71. The van der Waals surface area contributed by atoms with Crippen molar-refractivity contribution in [2.45, 2.75) is 104 Å². The molecule has 1 aromatic rings. The summed E-state index contributed by atoms with van der Waals surface area (Å²) in [7, 11) is 0. The predicted octanol–water partition coefficient (Wildman–Crippen LogP) is 7.80. The third kappa shape index (κ3) is 3.52. The van der Waals surface area contributed by atoms with E-state index in [0.717, 1.165) is 55.4 Å². The normalized spacial score (nSPS) is 41.8. The lowest BCUT2D eigenvalue weighted by Crippen LogP contribution is -2.52. The van der Waals surface area contributed by atoms with Gasteiger partial charge >= 0.3 is 0 Å². The highest BCUT2D eigenvalue weighted by atomic mass is 16.2. The molecule has 4 saturated carbocycles. The van der Waals surface area contributed by atoms with Crippen LogP contribution in [0.1, 0.15) is 103 Å². The van der Waals surface area contributed by atoms with E-state index in [2.05, 4.69) is 43.0 Å². The molecule has 0 radical (unpaired) electrons. The monoisotopic (exact) mass is 447 g/mol. The number of rotatable bonds is 4. The van der Waals surface area contributed by atoms with Crippen LogP contribution in [0.25, 0.3) is 0 Å². The summed E-state index contributed by atoms with van der Waals surface area (Å²) in [6.07, 6.45) is 19.0. The van der Waals surface area contributed by atoms with E-state index in [1.165, 1.54) is 81.9 Å². The molecule has 1 heterocycles. The standard InChI is InChI=1S/C31H45NO/c1-30-19-6-5-9-23(30)13-15-25-26-16-14-24(31(26,2)20-17-27(25)30)10-7-12-29(33)32-21-18-22-8-3-4-11-28(22)32/h3-4,8,11,23-27H,5-7,9-10,12-21H2,1-2H3. The van der Waals surface area contributed by atoms with Gasteiger partial charge in [-0.15, -0.1) is 0 Å². The van der Waals surface area contributed by atoms with Crippen LogP contribution in [0.3, 0.4) is 0 Å². The quantitative estimate of drug-likeness (QED) is 0.461. The molecule has 5 aliphatic rings. The van der Waals surface area contributed by atoms with Crippen molar-refractivity contribution in [1.82, 2.24) is 0 Å². The summed E-state index contributed by atoms with van der Waals surface area (Å²) < 4.78 is 0. The van der Waals surface area contributed by atoms with Crippen molar-refractivity contribution in [3.63, 3.8) is 0 Å². The molecule has 6 rings (SSSR count). The molecule has 33 heavy (non-hydrogen) atoms. The van der Waals surface area contributed by atoms with Gasteiger partial charge in [-0.25, -0.2) is 0 Å². The lowest BCUT2D eigenvalue weighted by atomic mass is 9.45. The minimum absolute atomic E-state index is 0.354.